The Morgan fingerprint density at radius 3 is 3.08 bits per heavy atom. The number of rotatable bonds is 4. The van der Waals surface area contributed by atoms with E-state index < -0.39 is 6.10 Å². The monoisotopic (exact) mass is 168 g/mol. The minimum absolute atomic E-state index is 0.285. The van der Waals surface area contributed by atoms with Crippen molar-refractivity contribution in [2.45, 2.75) is 13.0 Å². The Balaban J connectivity index is 2.48. The van der Waals surface area contributed by atoms with Crippen LogP contribution in [0, 0.1) is 0 Å². The molecule has 1 N–H and O–H groups in total. The molecule has 0 amide bonds. The molecular formula is C8H12N2O2. The molecule has 1 aromatic rings. The lowest BCUT2D eigenvalue weighted by atomic mass is 10.2. The number of aliphatic hydroxyl groups excluding tert-OH is 1. The van der Waals surface area contributed by atoms with E-state index in [-0.39, 0.29) is 6.61 Å². The molecule has 1 atom stereocenters. The summed E-state index contributed by atoms with van der Waals surface area (Å²) in [7, 11) is 0. The van der Waals surface area contributed by atoms with Crippen LogP contribution in [-0.4, -0.2) is 28.3 Å². The van der Waals surface area contributed by atoms with Crippen LogP contribution in [-0.2, 0) is 4.74 Å². The van der Waals surface area contributed by atoms with E-state index in [4.69, 9.17) is 4.74 Å². The molecule has 0 aliphatic rings. The van der Waals surface area contributed by atoms with Gasteiger partial charge in [-0.2, -0.15) is 0 Å². The van der Waals surface area contributed by atoms with Crippen LogP contribution in [0.5, 0.6) is 0 Å². The molecule has 1 aromatic heterocycles. The fraction of sp³-hybridized carbons (Fsp3) is 0.500. The Hall–Kier alpha value is -1.00. The van der Waals surface area contributed by atoms with Gasteiger partial charge in [-0.05, 0) is 13.0 Å². The van der Waals surface area contributed by atoms with Crippen LogP contribution in [0.15, 0.2) is 18.6 Å². The predicted octanol–water partition coefficient (Wildman–Crippen LogP) is 0.546. The van der Waals surface area contributed by atoms with Gasteiger partial charge in [-0.25, -0.2) is 9.97 Å². The molecule has 0 fully saturated rings. The maximum atomic E-state index is 9.44. The van der Waals surface area contributed by atoms with Crippen molar-refractivity contribution in [1.82, 2.24) is 9.97 Å². The minimum atomic E-state index is -0.645. The summed E-state index contributed by atoms with van der Waals surface area (Å²) >= 11 is 0. The largest absolute Gasteiger partial charge is 0.384 e. The molecule has 4 heteroatoms. The summed E-state index contributed by atoms with van der Waals surface area (Å²) in [6.45, 7) is 2.77. The third-order valence-corrected chi connectivity index (χ3v) is 1.43. The first kappa shape index (κ1) is 9.09. The Morgan fingerprint density at radius 2 is 2.50 bits per heavy atom. The molecule has 0 aliphatic carbocycles. The van der Waals surface area contributed by atoms with Crippen molar-refractivity contribution in [3.05, 3.63) is 24.3 Å². The van der Waals surface area contributed by atoms with E-state index in [2.05, 4.69) is 9.97 Å². The van der Waals surface area contributed by atoms with Crippen molar-refractivity contribution in [3.63, 3.8) is 0 Å². The first-order valence-electron chi connectivity index (χ1n) is 3.86. The summed E-state index contributed by atoms with van der Waals surface area (Å²) < 4.78 is 5.04. The second kappa shape index (κ2) is 4.79. The van der Waals surface area contributed by atoms with Crippen molar-refractivity contribution in [3.8, 4) is 0 Å². The molecule has 12 heavy (non-hydrogen) atoms. The quantitative estimate of drug-likeness (QED) is 0.713. The molecule has 1 rings (SSSR count). The van der Waals surface area contributed by atoms with Crippen LogP contribution in [0.3, 0.4) is 0 Å². The SMILES string of the molecule is CCOCC(O)c1ccncn1. The van der Waals surface area contributed by atoms with Crippen LogP contribution in [0.2, 0.25) is 0 Å². The highest BCUT2D eigenvalue weighted by Gasteiger charge is 2.07. The Bertz CT molecular complexity index is 216. The van der Waals surface area contributed by atoms with E-state index in [1.54, 1.807) is 12.3 Å². The molecule has 0 spiro atoms. The lowest BCUT2D eigenvalue weighted by Crippen LogP contribution is -2.08. The maximum absolute atomic E-state index is 9.44. The fourth-order valence-electron chi connectivity index (χ4n) is 0.813. The summed E-state index contributed by atoms with van der Waals surface area (Å²) in [5, 5.41) is 9.44. The first-order valence-corrected chi connectivity index (χ1v) is 3.86. The fourth-order valence-corrected chi connectivity index (χ4v) is 0.813. The lowest BCUT2D eigenvalue weighted by Gasteiger charge is -2.08. The molecule has 1 unspecified atom stereocenters. The van der Waals surface area contributed by atoms with Crippen molar-refractivity contribution in [2.75, 3.05) is 13.2 Å². The summed E-state index contributed by atoms with van der Waals surface area (Å²) in [5.74, 6) is 0. The van der Waals surface area contributed by atoms with Crippen LogP contribution in [0.4, 0.5) is 0 Å². The second-order valence-electron chi connectivity index (χ2n) is 2.31. The molecule has 4 nitrogen and oxygen atoms in total. The predicted molar refractivity (Wildman–Crippen MR) is 43.5 cm³/mol. The molecule has 0 saturated carbocycles. The Labute approximate surface area is 71.2 Å². The normalized spacial score (nSPS) is 12.8. The molecular weight excluding hydrogens is 156 g/mol. The third-order valence-electron chi connectivity index (χ3n) is 1.43. The van der Waals surface area contributed by atoms with Crippen LogP contribution < -0.4 is 0 Å². The minimum Gasteiger partial charge on any atom is -0.384 e. The average Bonchev–Trinajstić information content (AvgIpc) is 2.15. The van der Waals surface area contributed by atoms with Gasteiger partial charge < -0.3 is 9.84 Å². The number of hydrogen-bond donors (Lipinski definition) is 1. The van der Waals surface area contributed by atoms with Crippen LogP contribution in [0.1, 0.15) is 18.7 Å². The first-order chi connectivity index (χ1) is 5.84. The summed E-state index contributed by atoms with van der Waals surface area (Å²) in [6, 6.07) is 1.67. The number of aromatic nitrogens is 2. The number of nitrogens with zero attached hydrogens (tertiary/aromatic N) is 2. The number of hydrogen-bond acceptors (Lipinski definition) is 4. The topological polar surface area (TPSA) is 55.2 Å². The zero-order valence-electron chi connectivity index (χ0n) is 6.97. The number of aliphatic hydroxyl groups is 1. The van der Waals surface area contributed by atoms with E-state index in [0.29, 0.717) is 12.3 Å². The van der Waals surface area contributed by atoms with Gasteiger partial charge in [0.2, 0.25) is 0 Å². The van der Waals surface area contributed by atoms with Crippen molar-refractivity contribution < 1.29 is 9.84 Å². The summed E-state index contributed by atoms with van der Waals surface area (Å²) in [5.41, 5.74) is 0.596. The number of ether oxygens (including phenoxy) is 1. The van der Waals surface area contributed by atoms with Gasteiger partial charge in [0.25, 0.3) is 0 Å². The zero-order valence-corrected chi connectivity index (χ0v) is 6.97. The molecule has 0 bridgehead atoms. The van der Waals surface area contributed by atoms with E-state index in [1.165, 1.54) is 6.33 Å². The van der Waals surface area contributed by atoms with Gasteiger partial charge in [-0.15, -0.1) is 0 Å². The van der Waals surface area contributed by atoms with Crippen molar-refractivity contribution >= 4 is 0 Å². The molecule has 0 aromatic carbocycles. The second-order valence-corrected chi connectivity index (χ2v) is 2.31. The molecule has 0 aliphatic heterocycles. The highest BCUT2D eigenvalue weighted by molar-refractivity contribution is 5.01. The van der Waals surface area contributed by atoms with E-state index in [9.17, 15) is 5.11 Å². The van der Waals surface area contributed by atoms with E-state index >= 15 is 0 Å². The maximum Gasteiger partial charge on any atom is 0.119 e. The molecule has 0 radical (unpaired) electrons. The van der Waals surface area contributed by atoms with Crippen LogP contribution >= 0.6 is 0 Å². The van der Waals surface area contributed by atoms with E-state index in [1.807, 2.05) is 6.92 Å². The third kappa shape index (κ3) is 2.56. The Morgan fingerprint density at radius 1 is 1.67 bits per heavy atom. The smallest absolute Gasteiger partial charge is 0.119 e. The van der Waals surface area contributed by atoms with Crippen molar-refractivity contribution in [1.29, 1.82) is 0 Å². The van der Waals surface area contributed by atoms with Gasteiger partial charge in [0, 0.05) is 12.8 Å². The highest BCUT2D eigenvalue weighted by atomic mass is 16.5. The van der Waals surface area contributed by atoms with Crippen LogP contribution in [0.25, 0.3) is 0 Å². The van der Waals surface area contributed by atoms with Gasteiger partial charge in [0.1, 0.15) is 12.4 Å². The zero-order chi connectivity index (χ0) is 8.81. The Kier molecular flexibility index (Phi) is 3.63. The van der Waals surface area contributed by atoms with Gasteiger partial charge in [0.15, 0.2) is 0 Å². The van der Waals surface area contributed by atoms with Gasteiger partial charge in [0.05, 0.1) is 12.3 Å². The summed E-state index contributed by atoms with van der Waals surface area (Å²) in [6.07, 6.45) is 2.36. The molecule has 1 heterocycles. The van der Waals surface area contributed by atoms with Gasteiger partial charge in [-0.3, -0.25) is 0 Å². The average molecular weight is 168 g/mol. The van der Waals surface area contributed by atoms with Crippen molar-refractivity contribution in [2.24, 2.45) is 0 Å². The van der Waals surface area contributed by atoms with Gasteiger partial charge in [-0.1, -0.05) is 0 Å². The molecule has 66 valence electrons. The molecule has 0 saturated heterocycles. The standard InChI is InChI=1S/C8H12N2O2/c1-2-12-5-8(11)7-3-4-9-6-10-7/h3-4,6,8,11H,2,5H2,1H3. The van der Waals surface area contributed by atoms with E-state index in [0.717, 1.165) is 0 Å². The summed E-state index contributed by atoms with van der Waals surface area (Å²) in [4.78, 5) is 7.64. The lowest BCUT2D eigenvalue weighted by molar-refractivity contribution is 0.0397. The van der Waals surface area contributed by atoms with Gasteiger partial charge >= 0.3 is 0 Å². The highest BCUT2D eigenvalue weighted by Crippen LogP contribution is 2.07.